The maximum Gasteiger partial charge on any atom is 0.248 e. The van der Waals surface area contributed by atoms with Crippen LogP contribution in [-0.2, 0) is 6.54 Å². The van der Waals surface area contributed by atoms with E-state index in [1.54, 1.807) is 0 Å². The van der Waals surface area contributed by atoms with Gasteiger partial charge in [0.15, 0.2) is 0 Å². The molecule has 3 N–H and O–H groups in total. The summed E-state index contributed by atoms with van der Waals surface area (Å²) in [5.74, 6) is 0.928. The smallest absolute Gasteiger partial charge is 0.248 e. The molecular weight excluding hydrogens is 414 g/mol. The van der Waals surface area contributed by atoms with Gasteiger partial charge in [-0.15, -0.1) is 10.2 Å². The van der Waals surface area contributed by atoms with Gasteiger partial charge in [0.05, 0.1) is 18.8 Å². The summed E-state index contributed by atoms with van der Waals surface area (Å²) in [7, 11) is 0. The zero-order chi connectivity index (χ0) is 23.3. The second-order valence-corrected chi connectivity index (χ2v) is 8.26. The minimum atomic E-state index is -0.699. The summed E-state index contributed by atoms with van der Waals surface area (Å²) >= 11 is 0. The normalized spacial score (nSPS) is 11.6. The Bertz CT molecular complexity index is 1190. The van der Waals surface area contributed by atoms with Gasteiger partial charge in [0, 0.05) is 17.7 Å². The molecule has 0 fully saturated rings. The molecule has 6 nitrogen and oxygen atoms in total. The molecule has 4 rings (SSSR count). The first-order chi connectivity index (χ1) is 16.1. The fourth-order valence-corrected chi connectivity index (χ4v) is 3.86. The Morgan fingerprint density at radius 1 is 0.818 bits per heavy atom. The Kier molecular flexibility index (Phi) is 6.99. The second-order valence-electron chi connectivity index (χ2n) is 8.26. The van der Waals surface area contributed by atoms with E-state index in [2.05, 4.69) is 40.6 Å². The molecule has 1 aromatic heterocycles. The Morgan fingerprint density at radius 3 is 2.21 bits per heavy atom. The third-order valence-corrected chi connectivity index (χ3v) is 6.20. The molecule has 170 valence electrons. The maximum atomic E-state index is 9.66. The van der Waals surface area contributed by atoms with Crippen LogP contribution < -0.4 is 5.32 Å². The number of hydrogen-bond donors (Lipinski definition) is 3. The van der Waals surface area contributed by atoms with E-state index in [-0.39, 0.29) is 13.2 Å². The number of nitrogens with zero attached hydrogens (tertiary/aromatic N) is 2. The first kappa shape index (κ1) is 22.9. The van der Waals surface area contributed by atoms with Gasteiger partial charge in [-0.25, -0.2) is 0 Å². The van der Waals surface area contributed by atoms with E-state index in [1.807, 2.05) is 61.5 Å². The summed E-state index contributed by atoms with van der Waals surface area (Å²) in [6.45, 7) is 4.24. The molecule has 3 aromatic carbocycles. The lowest BCUT2D eigenvalue weighted by Crippen LogP contribution is -2.50. The van der Waals surface area contributed by atoms with Gasteiger partial charge in [0.25, 0.3) is 0 Å². The van der Waals surface area contributed by atoms with E-state index in [0.29, 0.717) is 24.7 Å². The summed E-state index contributed by atoms with van der Waals surface area (Å²) < 4.78 is 6.07. The molecular formula is C27H29N3O3. The summed E-state index contributed by atoms with van der Waals surface area (Å²) in [5, 5.41) is 31.2. The lowest BCUT2D eigenvalue weighted by molar-refractivity contribution is 0.0864. The number of nitrogens with one attached hydrogen (secondary N) is 1. The Hall–Kier alpha value is -3.32. The largest absolute Gasteiger partial charge is 0.416 e. The van der Waals surface area contributed by atoms with Crippen LogP contribution in [0.15, 0.2) is 77.2 Å². The summed E-state index contributed by atoms with van der Waals surface area (Å²) in [4.78, 5) is 0. The van der Waals surface area contributed by atoms with Crippen molar-refractivity contribution >= 4 is 0 Å². The number of aliphatic hydroxyl groups is 2. The van der Waals surface area contributed by atoms with Gasteiger partial charge < -0.3 is 19.9 Å². The van der Waals surface area contributed by atoms with Crippen molar-refractivity contribution in [1.29, 1.82) is 0 Å². The Balaban J connectivity index is 1.58. The van der Waals surface area contributed by atoms with E-state index >= 15 is 0 Å². The van der Waals surface area contributed by atoms with Gasteiger partial charge in [-0.3, -0.25) is 0 Å². The average molecular weight is 444 g/mol. The maximum absolute atomic E-state index is 9.66. The van der Waals surface area contributed by atoms with Crippen molar-refractivity contribution in [1.82, 2.24) is 15.5 Å². The molecule has 0 saturated carbocycles. The van der Waals surface area contributed by atoms with Crippen molar-refractivity contribution in [3.63, 3.8) is 0 Å². The van der Waals surface area contributed by atoms with Crippen LogP contribution in [0.5, 0.6) is 0 Å². The van der Waals surface area contributed by atoms with E-state index in [9.17, 15) is 10.2 Å². The molecule has 0 spiro atoms. The van der Waals surface area contributed by atoms with Gasteiger partial charge in [0.2, 0.25) is 11.8 Å². The highest BCUT2D eigenvalue weighted by Crippen LogP contribution is 2.32. The van der Waals surface area contributed by atoms with Gasteiger partial charge in [0.1, 0.15) is 0 Å². The molecule has 0 aliphatic heterocycles. The third-order valence-electron chi connectivity index (χ3n) is 6.20. The number of aromatic nitrogens is 2. The fourth-order valence-electron chi connectivity index (χ4n) is 3.86. The molecule has 0 amide bonds. The zero-order valence-electron chi connectivity index (χ0n) is 19.0. The van der Waals surface area contributed by atoms with E-state index in [1.165, 1.54) is 0 Å². The Labute approximate surface area is 193 Å². The van der Waals surface area contributed by atoms with Crippen molar-refractivity contribution in [3.8, 4) is 34.0 Å². The highest BCUT2D eigenvalue weighted by Gasteiger charge is 2.25. The van der Waals surface area contributed by atoms with Crippen LogP contribution in [0.25, 0.3) is 34.0 Å². The molecule has 4 aromatic rings. The van der Waals surface area contributed by atoms with Gasteiger partial charge >= 0.3 is 0 Å². The van der Waals surface area contributed by atoms with E-state index in [0.717, 1.165) is 33.4 Å². The van der Waals surface area contributed by atoms with Crippen molar-refractivity contribution in [2.45, 2.75) is 32.4 Å². The topological polar surface area (TPSA) is 91.4 Å². The monoisotopic (exact) mass is 443 g/mol. The van der Waals surface area contributed by atoms with Gasteiger partial charge in [-0.05, 0) is 53.8 Å². The molecule has 0 aliphatic rings. The van der Waals surface area contributed by atoms with Crippen LogP contribution in [0, 0.1) is 6.92 Å². The molecule has 0 aliphatic carbocycles. The van der Waals surface area contributed by atoms with Crippen molar-refractivity contribution < 1.29 is 14.6 Å². The molecule has 6 heteroatoms. The predicted octanol–water partition coefficient (Wildman–Crippen LogP) is 4.60. The quantitative estimate of drug-likeness (QED) is 0.350. The molecule has 0 bridgehead atoms. The molecule has 0 saturated heterocycles. The van der Waals surface area contributed by atoms with Crippen LogP contribution in [0.4, 0.5) is 0 Å². The van der Waals surface area contributed by atoms with E-state index in [4.69, 9.17) is 4.42 Å². The highest BCUT2D eigenvalue weighted by molar-refractivity contribution is 5.75. The minimum Gasteiger partial charge on any atom is -0.416 e. The number of rotatable bonds is 9. The average Bonchev–Trinajstić information content (AvgIpc) is 3.36. The molecule has 33 heavy (non-hydrogen) atoms. The summed E-state index contributed by atoms with van der Waals surface area (Å²) in [6.07, 6.45) is 0.619. The van der Waals surface area contributed by atoms with Gasteiger partial charge in [-0.1, -0.05) is 61.5 Å². The first-order valence-corrected chi connectivity index (χ1v) is 11.1. The molecule has 1 heterocycles. The van der Waals surface area contributed by atoms with Crippen molar-refractivity contribution in [3.05, 3.63) is 83.9 Å². The summed E-state index contributed by atoms with van der Waals surface area (Å²) in [6, 6.07) is 24.2. The molecule has 0 unspecified atom stereocenters. The van der Waals surface area contributed by atoms with Crippen LogP contribution in [0.3, 0.4) is 0 Å². The zero-order valence-corrected chi connectivity index (χ0v) is 19.0. The van der Waals surface area contributed by atoms with Crippen molar-refractivity contribution in [2.75, 3.05) is 13.2 Å². The third kappa shape index (κ3) is 4.88. The first-order valence-electron chi connectivity index (χ1n) is 11.1. The number of hydrogen-bond acceptors (Lipinski definition) is 6. The van der Waals surface area contributed by atoms with E-state index < -0.39 is 5.54 Å². The summed E-state index contributed by atoms with van der Waals surface area (Å²) in [5.41, 5.74) is 5.38. The van der Waals surface area contributed by atoms with Crippen LogP contribution >= 0.6 is 0 Å². The van der Waals surface area contributed by atoms with Crippen LogP contribution in [-0.4, -0.2) is 39.2 Å². The SMILES string of the molecule is CCC(CO)(CO)NCc1cccc(-c2nnc(-c3cccc(-c4ccccc4)c3C)o2)c1. The second kappa shape index (κ2) is 10.1. The lowest BCUT2D eigenvalue weighted by Gasteiger charge is -2.30. The molecule has 0 radical (unpaired) electrons. The van der Waals surface area contributed by atoms with Crippen LogP contribution in [0.1, 0.15) is 24.5 Å². The fraction of sp³-hybridized carbons (Fsp3) is 0.259. The van der Waals surface area contributed by atoms with Gasteiger partial charge in [-0.2, -0.15) is 0 Å². The predicted molar refractivity (Wildman–Crippen MR) is 129 cm³/mol. The Morgan fingerprint density at radius 2 is 1.48 bits per heavy atom. The van der Waals surface area contributed by atoms with Crippen molar-refractivity contribution in [2.24, 2.45) is 0 Å². The molecule has 0 atom stereocenters. The number of benzene rings is 3. The van der Waals surface area contributed by atoms with Crippen LogP contribution in [0.2, 0.25) is 0 Å². The standard InChI is InChI=1S/C27H29N3O3/c1-3-27(17-31,18-32)28-16-20-9-7-12-22(15-20)25-29-30-26(33-25)24-14-8-13-23(19(24)2)21-10-5-4-6-11-21/h4-15,28,31-32H,3,16-18H2,1-2H3. The lowest BCUT2D eigenvalue weighted by atomic mass is 9.96. The minimum absolute atomic E-state index is 0.131. The highest BCUT2D eigenvalue weighted by atomic mass is 16.4. The number of aliphatic hydroxyl groups excluding tert-OH is 2.